The lowest BCUT2D eigenvalue weighted by Crippen LogP contribution is -2.48. The van der Waals surface area contributed by atoms with Gasteiger partial charge in [-0.05, 0) is 43.7 Å². The van der Waals surface area contributed by atoms with E-state index in [1.807, 2.05) is 58.7 Å². The number of rotatable bonds is 5. The molecule has 0 N–H and O–H groups in total. The van der Waals surface area contributed by atoms with Gasteiger partial charge in [0.1, 0.15) is 11.6 Å². The van der Waals surface area contributed by atoms with Gasteiger partial charge in [0.05, 0.1) is 5.52 Å². The van der Waals surface area contributed by atoms with E-state index in [4.69, 9.17) is 11.6 Å². The van der Waals surface area contributed by atoms with Gasteiger partial charge in [-0.3, -0.25) is 9.20 Å². The summed E-state index contributed by atoms with van der Waals surface area (Å²) in [7, 11) is 0. The number of nitrogens with zero attached hydrogens (tertiary/aromatic N) is 8. The van der Waals surface area contributed by atoms with E-state index >= 15 is 0 Å². The van der Waals surface area contributed by atoms with Crippen LogP contribution in [0, 0.1) is 6.92 Å². The Morgan fingerprint density at radius 2 is 1.86 bits per heavy atom. The molecule has 3 aromatic heterocycles. The van der Waals surface area contributed by atoms with Crippen LogP contribution in [0.4, 0.5) is 5.69 Å². The van der Waals surface area contributed by atoms with Gasteiger partial charge >= 0.3 is 0 Å². The number of aromatic nitrogens is 6. The minimum absolute atomic E-state index is 0.184. The number of anilines is 1. The van der Waals surface area contributed by atoms with Gasteiger partial charge in [-0.25, -0.2) is 4.98 Å². The normalized spacial score (nSPS) is 14.5. The molecule has 6 rings (SSSR count). The molecule has 2 aromatic carbocycles. The first-order valence-electron chi connectivity index (χ1n) is 11.8. The Kier molecular flexibility index (Phi) is 5.49. The SMILES string of the molecule is Cc1nc2c3ccccc3n3c(CCCC(=O)N4CCN(c5cccc(Cl)c5)CC4)nnc3n2n1. The second-order valence-corrected chi connectivity index (χ2v) is 9.30. The zero-order valence-electron chi connectivity index (χ0n) is 19.4. The second-order valence-electron chi connectivity index (χ2n) is 8.86. The molecule has 1 amide bonds. The van der Waals surface area contributed by atoms with Gasteiger partial charge < -0.3 is 9.80 Å². The Labute approximate surface area is 206 Å². The van der Waals surface area contributed by atoms with E-state index in [9.17, 15) is 4.79 Å². The van der Waals surface area contributed by atoms with Crippen molar-refractivity contribution in [3.63, 3.8) is 0 Å². The summed E-state index contributed by atoms with van der Waals surface area (Å²) in [5, 5.41) is 15.1. The van der Waals surface area contributed by atoms with Crippen molar-refractivity contribution < 1.29 is 4.79 Å². The fraction of sp³-hybridized carbons (Fsp3) is 0.320. The summed E-state index contributed by atoms with van der Waals surface area (Å²) in [6.45, 7) is 4.91. The standard InChI is InChI=1S/C25H25ClN8O/c1-17-27-24-20-8-2-3-9-21(20)33-22(28-29-25(33)34(24)30-17)10-5-11-23(35)32-14-12-31(13-15-32)19-7-4-6-18(26)16-19/h2-4,6-9,16H,5,10-15H2,1H3. The van der Waals surface area contributed by atoms with Gasteiger partial charge in [0.25, 0.3) is 5.78 Å². The average molecular weight is 489 g/mol. The number of carbonyl (C=O) groups is 1. The number of aryl methyl sites for hydroxylation is 2. The Bertz CT molecular complexity index is 1550. The van der Waals surface area contributed by atoms with Crippen LogP contribution >= 0.6 is 11.6 Å². The van der Waals surface area contributed by atoms with E-state index in [0.29, 0.717) is 44.0 Å². The number of amides is 1. The zero-order chi connectivity index (χ0) is 23.9. The molecule has 0 saturated carbocycles. The van der Waals surface area contributed by atoms with Crippen LogP contribution in [0.3, 0.4) is 0 Å². The van der Waals surface area contributed by atoms with Gasteiger partial charge in [-0.15, -0.1) is 15.3 Å². The number of hydrogen-bond donors (Lipinski definition) is 0. The predicted octanol–water partition coefficient (Wildman–Crippen LogP) is 3.56. The van der Waals surface area contributed by atoms with Crippen LogP contribution in [0.25, 0.3) is 22.3 Å². The molecule has 0 unspecified atom stereocenters. The van der Waals surface area contributed by atoms with Crippen LogP contribution in [0.2, 0.25) is 5.02 Å². The maximum absolute atomic E-state index is 12.9. The van der Waals surface area contributed by atoms with Crippen molar-refractivity contribution in [3.8, 4) is 0 Å². The van der Waals surface area contributed by atoms with Gasteiger partial charge in [-0.2, -0.15) is 4.52 Å². The first-order valence-corrected chi connectivity index (χ1v) is 12.2. The molecule has 0 aliphatic carbocycles. The third kappa shape index (κ3) is 3.95. The molecule has 178 valence electrons. The highest BCUT2D eigenvalue weighted by Crippen LogP contribution is 2.23. The molecule has 10 heteroatoms. The lowest BCUT2D eigenvalue weighted by molar-refractivity contribution is -0.131. The molecular weight excluding hydrogens is 464 g/mol. The number of benzene rings is 2. The van der Waals surface area contributed by atoms with Crippen molar-refractivity contribution in [2.75, 3.05) is 31.1 Å². The molecule has 9 nitrogen and oxygen atoms in total. The molecule has 1 saturated heterocycles. The summed E-state index contributed by atoms with van der Waals surface area (Å²) in [5.74, 6) is 2.33. The molecule has 0 bridgehead atoms. The second kappa shape index (κ2) is 8.81. The highest BCUT2D eigenvalue weighted by Gasteiger charge is 2.22. The molecule has 1 fully saturated rings. The van der Waals surface area contributed by atoms with E-state index in [2.05, 4.69) is 31.2 Å². The van der Waals surface area contributed by atoms with Crippen LogP contribution in [0.15, 0.2) is 48.5 Å². The van der Waals surface area contributed by atoms with Crippen molar-refractivity contribution in [2.24, 2.45) is 0 Å². The monoisotopic (exact) mass is 488 g/mol. The van der Waals surface area contributed by atoms with Crippen LogP contribution in [0.1, 0.15) is 24.5 Å². The molecule has 1 aliphatic rings. The molecule has 4 heterocycles. The maximum atomic E-state index is 12.9. The van der Waals surface area contributed by atoms with E-state index in [-0.39, 0.29) is 5.91 Å². The van der Waals surface area contributed by atoms with Crippen molar-refractivity contribution in [1.82, 2.24) is 34.1 Å². The zero-order valence-corrected chi connectivity index (χ0v) is 20.2. The Hall–Kier alpha value is -3.72. The largest absolute Gasteiger partial charge is 0.368 e. The topological polar surface area (TPSA) is 83.9 Å². The minimum Gasteiger partial charge on any atom is -0.368 e. The molecular formula is C25H25ClN8O. The summed E-state index contributed by atoms with van der Waals surface area (Å²) in [6.07, 6.45) is 1.84. The number of hydrogen-bond acceptors (Lipinski definition) is 6. The lowest BCUT2D eigenvalue weighted by atomic mass is 10.2. The van der Waals surface area contributed by atoms with Crippen LogP contribution < -0.4 is 4.90 Å². The summed E-state index contributed by atoms with van der Waals surface area (Å²) >= 11 is 6.13. The number of carbonyl (C=O) groups excluding carboxylic acids is 1. The Balaban J connectivity index is 1.14. The summed E-state index contributed by atoms with van der Waals surface area (Å²) in [4.78, 5) is 21.7. The van der Waals surface area contributed by atoms with Crippen molar-refractivity contribution in [1.29, 1.82) is 0 Å². The van der Waals surface area contributed by atoms with E-state index in [1.165, 1.54) is 0 Å². The first-order chi connectivity index (χ1) is 17.1. The highest BCUT2D eigenvalue weighted by molar-refractivity contribution is 6.30. The van der Waals surface area contributed by atoms with Gasteiger partial charge in [0.15, 0.2) is 5.65 Å². The van der Waals surface area contributed by atoms with Crippen molar-refractivity contribution in [3.05, 3.63) is 65.2 Å². The minimum atomic E-state index is 0.184. The van der Waals surface area contributed by atoms with Crippen molar-refractivity contribution >= 4 is 45.5 Å². The summed E-state index contributed by atoms with van der Waals surface area (Å²) in [6, 6.07) is 15.9. The smallest absolute Gasteiger partial charge is 0.258 e. The molecule has 1 aliphatic heterocycles. The van der Waals surface area contributed by atoms with Gasteiger partial charge in [0.2, 0.25) is 5.91 Å². The predicted molar refractivity (Wildman–Crippen MR) is 135 cm³/mol. The lowest BCUT2D eigenvalue weighted by Gasteiger charge is -2.36. The Morgan fingerprint density at radius 3 is 2.69 bits per heavy atom. The third-order valence-corrected chi connectivity index (χ3v) is 6.83. The van der Waals surface area contributed by atoms with E-state index in [1.54, 1.807) is 4.52 Å². The molecule has 0 radical (unpaired) electrons. The number of fused-ring (bicyclic) bond motifs is 6. The fourth-order valence-corrected chi connectivity index (χ4v) is 5.07. The summed E-state index contributed by atoms with van der Waals surface area (Å²) in [5.41, 5.74) is 2.87. The van der Waals surface area contributed by atoms with E-state index < -0.39 is 0 Å². The molecule has 35 heavy (non-hydrogen) atoms. The first kappa shape index (κ1) is 21.8. The maximum Gasteiger partial charge on any atom is 0.258 e. The van der Waals surface area contributed by atoms with Crippen molar-refractivity contribution in [2.45, 2.75) is 26.2 Å². The van der Waals surface area contributed by atoms with Gasteiger partial charge in [-0.1, -0.05) is 29.8 Å². The number of piperazine rings is 1. The number of halogens is 1. The summed E-state index contributed by atoms with van der Waals surface area (Å²) < 4.78 is 3.78. The van der Waals surface area contributed by atoms with Crippen LogP contribution in [0.5, 0.6) is 0 Å². The highest BCUT2D eigenvalue weighted by atomic mass is 35.5. The Morgan fingerprint density at radius 1 is 1.03 bits per heavy atom. The molecule has 5 aromatic rings. The molecule has 0 atom stereocenters. The fourth-order valence-electron chi connectivity index (χ4n) is 4.88. The van der Waals surface area contributed by atoms with Crippen LogP contribution in [-0.2, 0) is 11.2 Å². The quantitative estimate of drug-likeness (QED) is 0.376. The third-order valence-electron chi connectivity index (χ3n) is 6.60. The average Bonchev–Trinajstić information content (AvgIpc) is 3.48. The molecule has 0 spiro atoms. The number of para-hydroxylation sites is 1. The van der Waals surface area contributed by atoms with Gasteiger partial charge in [0, 0.05) is 55.1 Å². The van der Waals surface area contributed by atoms with Crippen LogP contribution in [-0.4, -0.2) is 66.2 Å². The van der Waals surface area contributed by atoms with E-state index in [0.717, 1.165) is 46.2 Å².